The van der Waals surface area contributed by atoms with Crippen LogP contribution in [0.3, 0.4) is 0 Å². The highest BCUT2D eigenvalue weighted by Crippen LogP contribution is 2.26. The molecule has 2 aromatic heterocycles. The van der Waals surface area contributed by atoms with Crippen molar-refractivity contribution in [2.24, 2.45) is 0 Å². The molecule has 1 unspecified atom stereocenters. The summed E-state index contributed by atoms with van der Waals surface area (Å²) in [5.41, 5.74) is 8.74. The Kier molecular flexibility index (Phi) is 6.13. The van der Waals surface area contributed by atoms with E-state index in [1.165, 1.54) is 0 Å². The first-order valence-electron chi connectivity index (χ1n) is 9.27. The average Bonchev–Trinajstić information content (AvgIpc) is 3.05. The molecule has 0 bridgehead atoms. The Hall–Kier alpha value is -2.80. The fraction of sp³-hybridized carbons (Fsp3) is 0.400. The summed E-state index contributed by atoms with van der Waals surface area (Å²) in [5.74, 6) is 1.77. The Balaban J connectivity index is 1.96. The Morgan fingerprint density at radius 2 is 2.11 bits per heavy atom. The minimum absolute atomic E-state index is 0.131. The van der Waals surface area contributed by atoms with Crippen LogP contribution in [-0.4, -0.2) is 39.4 Å². The smallest absolute Gasteiger partial charge is 0.222 e. The number of fused-ring (bicyclic) bond motifs is 1. The predicted molar refractivity (Wildman–Crippen MR) is 108 cm³/mol. The molecule has 0 saturated carbocycles. The lowest BCUT2D eigenvalue weighted by molar-refractivity contribution is 0.276. The van der Waals surface area contributed by atoms with Crippen LogP contribution in [0.4, 0.5) is 11.8 Å². The zero-order chi connectivity index (χ0) is 19.2. The number of anilines is 2. The van der Waals surface area contributed by atoms with E-state index >= 15 is 0 Å². The van der Waals surface area contributed by atoms with Gasteiger partial charge in [-0.25, -0.2) is 4.98 Å². The van der Waals surface area contributed by atoms with Gasteiger partial charge in [0.15, 0.2) is 5.82 Å². The molecule has 0 aliphatic carbocycles. The van der Waals surface area contributed by atoms with Gasteiger partial charge in [-0.1, -0.05) is 25.5 Å². The molecule has 3 aromatic rings. The molecule has 0 aliphatic heterocycles. The normalized spacial score (nSPS) is 12.3. The SMILES string of the molecule is CCCC(CCO)Nc1nc(N)nc2ccn(Cc3cccc(OC)c3)c12. The Morgan fingerprint density at radius 1 is 1.26 bits per heavy atom. The monoisotopic (exact) mass is 369 g/mol. The number of nitrogens with two attached hydrogens (primary N) is 1. The van der Waals surface area contributed by atoms with Gasteiger partial charge >= 0.3 is 0 Å². The molecule has 2 heterocycles. The van der Waals surface area contributed by atoms with E-state index in [2.05, 4.69) is 32.8 Å². The number of aromatic nitrogens is 3. The number of nitrogens with one attached hydrogen (secondary N) is 1. The lowest BCUT2D eigenvalue weighted by Gasteiger charge is -2.19. The fourth-order valence-corrected chi connectivity index (χ4v) is 3.31. The van der Waals surface area contributed by atoms with Gasteiger partial charge in [0, 0.05) is 25.4 Å². The largest absolute Gasteiger partial charge is 0.497 e. The van der Waals surface area contributed by atoms with E-state index in [1.807, 2.05) is 30.5 Å². The van der Waals surface area contributed by atoms with Crippen molar-refractivity contribution < 1.29 is 9.84 Å². The van der Waals surface area contributed by atoms with Gasteiger partial charge in [0.05, 0.1) is 12.6 Å². The van der Waals surface area contributed by atoms with E-state index in [1.54, 1.807) is 7.11 Å². The number of methoxy groups -OCH3 is 1. The van der Waals surface area contributed by atoms with Crippen molar-refractivity contribution in [3.63, 3.8) is 0 Å². The molecule has 7 heteroatoms. The summed E-state index contributed by atoms with van der Waals surface area (Å²) in [6.07, 6.45) is 4.62. The first kappa shape index (κ1) is 19.0. The van der Waals surface area contributed by atoms with Crippen LogP contribution in [0.5, 0.6) is 5.75 Å². The van der Waals surface area contributed by atoms with E-state index in [4.69, 9.17) is 10.5 Å². The number of hydrogen-bond donors (Lipinski definition) is 3. The first-order valence-corrected chi connectivity index (χ1v) is 9.27. The second-order valence-corrected chi connectivity index (χ2v) is 6.60. The molecular formula is C20H27N5O2. The van der Waals surface area contributed by atoms with Gasteiger partial charge in [-0.05, 0) is 36.6 Å². The van der Waals surface area contributed by atoms with Crippen LogP contribution in [0, 0.1) is 0 Å². The highest BCUT2D eigenvalue weighted by atomic mass is 16.5. The van der Waals surface area contributed by atoms with E-state index in [9.17, 15) is 5.11 Å². The Labute approximate surface area is 159 Å². The zero-order valence-corrected chi connectivity index (χ0v) is 15.9. The molecule has 7 nitrogen and oxygen atoms in total. The third-order valence-corrected chi connectivity index (χ3v) is 4.57. The number of aliphatic hydroxyl groups excluding tert-OH is 1. The van der Waals surface area contributed by atoms with Crippen molar-refractivity contribution in [3.8, 4) is 5.75 Å². The van der Waals surface area contributed by atoms with Gasteiger partial charge < -0.3 is 25.5 Å². The number of benzene rings is 1. The molecule has 1 aromatic carbocycles. The molecule has 144 valence electrons. The van der Waals surface area contributed by atoms with E-state index < -0.39 is 0 Å². The minimum atomic E-state index is 0.131. The lowest BCUT2D eigenvalue weighted by atomic mass is 10.1. The average molecular weight is 369 g/mol. The summed E-state index contributed by atoms with van der Waals surface area (Å²) >= 11 is 0. The minimum Gasteiger partial charge on any atom is -0.497 e. The Morgan fingerprint density at radius 3 is 2.85 bits per heavy atom. The maximum absolute atomic E-state index is 9.35. The summed E-state index contributed by atoms with van der Waals surface area (Å²) in [6, 6.07) is 10.1. The molecule has 1 atom stereocenters. The molecule has 0 saturated heterocycles. The van der Waals surface area contributed by atoms with Gasteiger partial charge in [0.1, 0.15) is 11.3 Å². The second-order valence-electron chi connectivity index (χ2n) is 6.60. The van der Waals surface area contributed by atoms with Gasteiger partial charge in [-0.2, -0.15) is 4.98 Å². The summed E-state index contributed by atoms with van der Waals surface area (Å²) in [5, 5.41) is 12.8. The van der Waals surface area contributed by atoms with Gasteiger partial charge in [0.25, 0.3) is 0 Å². The molecule has 27 heavy (non-hydrogen) atoms. The van der Waals surface area contributed by atoms with E-state index in [0.717, 1.165) is 35.2 Å². The van der Waals surface area contributed by atoms with Crippen molar-refractivity contribution in [1.29, 1.82) is 0 Å². The van der Waals surface area contributed by atoms with Crippen LogP contribution >= 0.6 is 0 Å². The molecular weight excluding hydrogens is 342 g/mol. The van der Waals surface area contributed by atoms with Crippen molar-refractivity contribution in [3.05, 3.63) is 42.1 Å². The maximum Gasteiger partial charge on any atom is 0.222 e. The Bertz CT molecular complexity index is 887. The van der Waals surface area contributed by atoms with Crippen molar-refractivity contribution in [2.75, 3.05) is 24.8 Å². The molecule has 0 amide bonds. The number of rotatable bonds is 9. The summed E-state index contributed by atoms with van der Waals surface area (Å²) in [4.78, 5) is 8.81. The topological polar surface area (TPSA) is 98.2 Å². The van der Waals surface area contributed by atoms with Crippen LogP contribution in [0.2, 0.25) is 0 Å². The number of nitrogens with zero attached hydrogens (tertiary/aromatic N) is 3. The lowest BCUT2D eigenvalue weighted by Crippen LogP contribution is -2.22. The zero-order valence-electron chi connectivity index (χ0n) is 15.9. The third-order valence-electron chi connectivity index (χ3n) is 4.57. The van der Waals surface area contributed by atoms with Crippen LogP contribution in [0.15, 0.2) is 36.5 Å². The van der Waals surface area contributed by atoms with Crippen LogP contribution in [-0.2, 0) is 6.54 Å². The molecule has 3 rings (SSSR count). The summed E-state index contributed by atoms with van der Waals surface area (Å²) in [6.45, 7) is 2.93. The quantitative estimate of drug-likeness (QED) is 0.536. The third kappa shape index (κ3) is 4.49. The van der Waals surface area contributed by atoms with E-state index in [-0.39, 0.29) is 18.6 Å². The molecule has 0 radical (unpaired) electrons. The summed E-state index contributed by atoms with van der Waals surface area (Å²) in [7, 11) is 1.66. The molecule has 0 spiro atoms. The van der Waals surface area contributed by atoms with Crippen LogP contribution in [0.1, 0.15) is 31.7 Å². The first-order chi connectivity index (χ1) is 13.1. The second kappa shape index (κ2) is 8.73. The number of nitrogen functional groups attached to an aromatic ring is 1. The molecule has 4 N–H and O–H groups in total. The molecule has 0 fully saturated rings. The van der Waals surface area contributed by atoms with Gasteiger partial charge in [0.2, 0.25) is 5.95 Å². The highest BCUT2D eigenvalue weighted by molar-refractivity contribution is 5.87. The number of aliphatic hydroxyl groups is 1. The number of ether oxygens (including phenoxy) is 1. The summed E-state index contributed by atoms with van der Waals surface area (Å²) < 4.78 is 7.43. The van der Waals surface area contributed by atoms with Crippen LogP contribution in [0.25, 0.3) is 11.0 Å². The van der Waals surface area contributed by atoms with E-state index in [0.29, 0.717) is 18.8 Å². The number of hydrogen-bond acceptors (Lipinski definition) is 6. The molecule has 0 aliphatic rings. The maximum atomic E-state index is 9.35. The van der Waals surface area contributed by atoms with Gasteiger partial charge in [-0.3, -0.25) is 0 Å². The van der Waals surface area contributed by atoms with Crippen molar-refractivity contribution >= 4 is 22.8 Å². The van der Waals surface area contributed by atoms with Gasteiger partial charge in [-0.15, -0.1) is 0 Å². The predicted octanol–water partition coefficient (Wildman–Crippen LogP) is 3.03. The van der Waals surface area contributed by atoms with Crippen molar-refractivity contribution in [1.82, 2.24) is 14.5 Å². The highest BCUT2D eigenvalue weighted by Gasteiger charge is 2.15. The standard InChI is InChI=1S/C20H27N5O2/c1-3-5-15(9-11-26)22-19-18-17(23-20(21)24-19)8-10-25(18)13-14-6-4-7-16(12-14)27-2/h4,6-8,10,12,15,26H,3,5,9,11,13H2,1-2H3,(H3,21,22,23,24). The van der Waals surface area contributed by atoms with Crippen molar-refractivity contribution in [2.45, 2.75) is 38.8 Å². The van der Waals surface area contributed by atoms with Crippen LogP contribution < -0.4 is 15.8 Å². The fourth-order valence-electron chi connectivity index (χ4n) is 3.31.